The number of nitriles is 1. The largest absolute Gasteiger partial charge is 0.352 e. The molecule has 3 amide bonds. The van der Waals surface area contributed by atoms with Gasteiger partial charge in [0, 0.05) is 36.2 Å². The molecule has 12 nitrogen and oxygen atoms in total. The standard InChI is InChI=1S/C32H38IN9O3/c1-3-35-29(44)20-7-9-24-18(11-20)5-6-19-12-21(30(45)36-4-2)8-10-25(19)32(24,31-38-40-41-39-31)15-27(33)37-17-28(43)42-23(16-34)13-22-14-26(22)42/h7-12,18,22-24,26-27,37H,3-6,13-15,17H2,1-2H3,(H,35,44)(H,36,45)(H,38,39,40,41)/t18?,22-,23?,24?,26+,27+,32?/m1/s1. The maximum Gasteiger partial charge on any atom is 0.251 e. The van der Waals surface area contributed by atoms with Crippen molar-refractivity contribution in [1.82, 2.24) is 41.5 Å². The number of aryl methyl sites for hydroxylation is 1. The Morgan fingerprint density at radius 1 is 1.20 bits per heavy atom. The van der Waals surface area contributed by atoms with E-state index in [1.165, 1.54) is 0 Å². The third kappa shape index (κ3) is 5.90. The van der Waals surface area contributed by atoms with E-state index in [0.29, 0.717) is 48.8 Å². The Morgan fingerprint density at radius 3 is 2.73 bits per heavy atom. The zero-order chi connectivity index (χ0) is 31.7. The fraction of sp³-hybridized carbons (Fsp3) is 0.531. The second-order valence-corrected chi connectivity index (χ2v) is 13.8. The van der Waals surface area contributed by atoms with E-state index in [4.69, 9.17) is 0 Å². The SMILES string of the molecule is CCNC(=O)C1=CC2CCc3cc(C(=O)NCC)ccc3C(C[C@@H](I)NCC(=O)N3C(C#N)C[C@@H]4C[C@@H]43)(c3nnn[nH]3)C2C=C1. The summed E-state index contributed by atoms with van der Waals surface area (Å²) in [5.74, 6) is 0.612. The number of aromatic amines is 1. The maximum atomic E-state index is 13.3. The van der Waals surface area contributed by atoms with Crippen LogP contribution in [-0.4, -0.2) is 79.0 Å². The molecular weight excluding hydrogens is 685 g/mol. The number of alkyl halides is 1. The monoisotopic (exact) mass is 723 g/mol. The Bertz CT molecular complexity index is 1570. The number of amides is 3. The van der Waals surface area contributed by atoms with Gasteiger partial charge < -0.3 is 15.5 Å². The van der Waals surface area contributed by atoms with Gasteiger partial charge >= 0.3 is 0 Å². The summed E-state index contributed by atoms with van der Waals surface area (Å²) >= 11 is 2.34. The van der Waals surface area contributed by atoms with E-state index in [2.05, 4.69) is 77.4 Å². The van der Waals surface area contributed by atoms with Crippen LogP contribution in [0.1, 0.15) is 66.8 Å². The van der Waals surface area contributed by atoms with Gasteiger partial charge in [-0.25, -0.2) is 5.10 Å². The number of halogens is 1. The highest BCUT2D eigenvalue weighted by Gasteiger charge is 2.54. The van der Waals surface area contributed by atoms with Crippen molar-refractivity contribution in [3.8, 4) is 6.07 Å². The van der Waals surface area contributed by atoms with Crippen LogP contribution in [0.3, 0.4) is 0 Å². The summed E-state index contributed by atoms with van der Waals surface area (Å²) in [7, 11) is 0. The van der Waals surface area contributed by atoms with E-state index in [-0.39, 0.29) is 52.2 Å². The van der Waals surface area contributed by atoms with Gasteiger partial charge in [-0.05, 0) is 91.5 Å². The van der Waals surface area contributed by atoms with E-state index in [0.717, 1.165) is 30.4 Å². The quantitative estimate of drug-likeness (QED) is 0.165. The van der Waals surface area contributed by atoms with Crippen LogP contribution in [0.25, 0.3) is 0 Å². The molecule has 0 spiro atoms. The van der Waals surface area contributed by atoms with Gasteiger partial charge in [0.15, 0.2) is 5.82 Å². The van der Waals surface area contributed by atoms with E-state index >= 15 is 0 Å². The Labute approximate surface area is 276 Å². The Hall–Kier alpha value is -3.64. The number of benzene rings is 1. The molecule has 2 aromatic rings. The molecule has 0 bridgehead atoms. The molecule has 13 heteroatoms. The number of carbonyl (C=O) groups is 3. The molecule has 7 atom stereocenters. The molecule has 4 N–H and O–H groups in total. The number of piperidine rings is 1. The van der Waals surface area contributed by atoms with Crippen molar-refractivity contribution >= 4 is 40.3 Å². The lowest BCUT2D eigenvalue weighted by molar-refractivity contribution is -0.131. The molecule has 0 radical (unpaired) electrons. The summed E-state index contributed by atoms with van der Waals surface area (Å²) in [5, 5.41) is 34.4. The minimum atomic E-state index is -0.772. The number of likely N-dealkylation sites (N-methyl/N-ethyl adjacent to an activating group) is 1. The van der Waals surface area contributed by atoms with Gasteiger partial charge in [0.1, 0.15) is 6.04 Å². The molecule has 4 unspecified atom stereocenters. The van der Waals surface area contributed by atoms with Crippen molar-refractivity contribution in [2.45, 2.75) is 67.5 Å². The van der Waals surface area contributed by atoms with E-state index in [1.807, 2.05) is 38.1 Å². The number of nitrogens with zero attached hydrogens (tertiary/aromatic N) is 5. The highest BCUT2D eigenvalue weighted by molar-refractivity contribution is 14.1. The number of allylic oxidation sites excluding steroid dienone is 2. The van der Waals surface area contributed by atoms with Crippen LogP contribution >= 0.6 is 22.6 Å². The molecular formula is C32H38IN9O3. The number of hydrogen-bond acceptors (Lipinski definition) is 8. The van der Waals surface area contributed by atoms with Crippen LogP contribution in [0.2, 0.25) is 0 Å². The highest BCUT2D eigenvalue weighted by atomic mass is 127. The lowest BCUT2D eigenvalue weighted by Gasteiger charge is -2.43. The average Bonchev–Trinajstić information content (AvgIpc) is 3.42. The first-order valence-electron chi connectivity index (χ1n) is 15.7. The number of H-pyrrole nitrogens is 1. The minimum Gasteiger partial charge on any atom is -0.352 e. The fourth-order valence-corrected chi connectivity index (χ4v) is 8.55. The molecule has 4 aliphatic rings. The van der Waals surface area contributed by atoms with Crippen LogP contribution < -0.4 is 16.0 Å². The van der Waals surface area contributed by atoms with Crippen LogP contribution in [0.15, 0.2) is 42.0 Å². The van der Waals surface area contributed by atoms with E-state index < -0.39 is 5.41 Å². The molecule has 1 saturated carbocycles. The molecule has 2 heterocycles. The lowest BCUT2D eigenvalue weighted by Crippen LogP contribution is -2.48. The Morgan fingerprint density at radius 2 is 2.00 bits per heavy atom. The first-order chi connectivity index (χ1) is 21.8. The molecule has 45 heavy (non-hydrogen) atoms. The second-order valence-electron chi connectivity index (χ2n) is 12.3. The molecule has 236 valence electrons. The van der Waals surface area contributed by atoms with Crippen molar-refractivity contribution in [2.24, 2.45) is 17.8 Å². The second kappa shape index (κ2) is 13.0. The predicted octanol–water partition coefficient (Wildman–Crippen LogP) is 2.30. The molecule has 1 aromatic heterocycles. The van der Waals surface area contributed by atoms with E-state index in [1.54, 1.807) is 4.90 Å². The summed E-state index contributed by atoms with van der Waals surface area (Å²) < 4.78 is -0.188. The third-order valence-corrected chi connectivity index (χ3v) is 10.6. The number of hydrogen-bond donors (Lipinski definition) is 4. The first-order valence-corrected chi connectivity index (χ1v) is 17.0. The molecule has 1 saturated heterocycles. The summed E-state index contributed by atoms with van der Waals surface area (Å²) in [6.07, 6.45) is 9.78. The average molecular weight is 724 g/mol. The van der Waals surface area contributed by atoms with Gasteiger partial charge in [-0.3, -0.25) is 19.7 Å². The van der Waals surface area contributed by atoms with Crippen molar-refractivity contribution in [3.63, 3.8) is 0 Å². The van der Waals surface area contributed by atoms with Gasteiger partial charge in [-0.1, -0.05) is 46.9 Å². The number of tetrazole rings is 1. The zero-order valence-corrected chi connectivity index (χ0v) is 27.6. The molecule has 1 aromatic carbocycles. The predicted molar refractivity (Wildman–Crippen MR) is 174 cm³/mol. The summed E-state index contributed by atoms with van der Waals surface area (Å²) in [4.78, 5) is 40.8. The van der Waals surface area contributed by atoms with Crippen molar-refractivity contribution in [1.29, 1.82) is 5.26 Å². The molecule has 6 rings (SSSR count). The number of likely N-dealkylation sites (tertiary alicyclic amines) is 1. The maximum absolute atomic E-state index is 13.3. The summed E-state index contributed by atoms with van der Waals surface area (Å²) in [5.41, 5.74) is 2.48. The summed E-state index contributed by atoms with van der Waals surface area (Å²) in [6, 6.07) is 7.98. The van der Waals surface area contributed by atoms with Gasteiger partial charge in [-0.15, -0.1) is 5.10 Å². The van der Waals surface area contributed by atoms with Crippen molar-refractivity contribution in [3.05, 3.63) is 64.5 Å². The van der Waals surface area contributed by atoms with Gasteiger partial charge in [0.2, 0.25) is 5.91 Å². The normalized spacial score (nSPS) is 28.4. The Kier molecular flexibility index (Phi) is 9.05. The lowest BCUT2D eigenvalue weighted by atomic mass is 9.61. The molecule has 2 fully saturated rings. The van der Waals surface area contributed by atoms with Gasteiger partial charge in [-0.2, -0.15) is 5.26 Å². The van der Waals surface area contributed by atoms with Crippen LogP contribution in [-0.2, 0) is 21.4 Å². The third-order valence-electron chi connectivity index (χ3n) is 9.72. The number of rotatable bonds is 10. The van der Waals surface area contributed by atoms with Crippen molar-refractivity contribution in [2.75, 3.05) is 19.6 Å². The smallest absolute Gasteiger partial charge is 0.251 e. The number of aromatic nitrogens is 4. The molecule has 1 aliphatic heterocycles. The Balaban J connectivity index is 1.37. The van der Waals surface area contributed by atoms with Gasteiger partial charge in [0.05, 0.1) is 22.1 Å². The summed E-state index contributed by atoms with van der Waals surface area (Å²) in [6.45, 7) is 4.98. The fourth-order valence-electron chi connectivity index (χ4n) is 7.64. The van der Waals surface area contributed by atoms with Crippen LogP contribution in [0.4, 0.5) is 0 Å². The number of nitrogens with one attached hydrogen (secondary N) is 4. The van der Waals surface area contributed by atoms with Crippen LogP contribution in [0.5, 0.6) is 0 Å². The van der Waals surface area contributed by atoms with Crippen LogP contribution in [0, 0.1) is 29.1 Å². The highest BCUT2D eigenvalue weighted by Crippen LogP contribution is 2.52. The molecule has 3 aliphatic carbocycles. The van der Waals surface area contributed by atoms with Gasteiger partial charge in [0.25, 0.3) is 11.8 Å². The number of fused-ring (bicyclic) bond motifs is 3. The first kappa shape index (κ1) is 31.3. The topological polar surface area (TPSA) is 169 Å². The zero-order valence-electron chi connectivity index (χ0n) is 25.4. The number of carbonyl (C=O) groups excluding carboxylic acids is 3. The minimum absolute atomic E-state index is 0.0176. The van der Waals surface area contributed by atoms with Crippen molar-refractivity contribution < 1.29 is 14.4 Å². The van der Waals surface area contributed by atoms with E-state index in [9.17, 15) is 19.6 Å².